The lowest BCUT2D eigenvalue weighted by Gasteiger charge is -2.31. The van der Waals surface area contributed by atoms with Gasteiger partial charge in [-0.1, -0.05) is 0 Å². The van der Waals surface area contributed by atoms with Crippen molar-refractivity contribution >= 4 is 17.2 Å². The molecular formula is C13H16N4O3S. The number of aliphatic hydroxyl groups excluding tert-OH is 1. The van der Waals surface area contributed by atoms with Crippen LogP contribution in [0.5, 0.6) is 0 Å². The minimum absolute atomic E-state index is 0.0167. The lowest BCUT2D eigenvalue weighted by molar-refractivity contribution is -0.0246. The number of carbonyl (C=O) groups excluding carboxylic acids is 1. The molecule has 3 rings (SSSR count). The van der Waals surface area contributed by atoms with Gasteiger partial charge in [0.1, 0.15) is 11.0 Å². The zero-order chi connectivity index (χ0) is 14.7. The average molecular weight is 308 g/mol. The molecule has 0 spiro atoms. The normalized spacial score (nSPS) is 18.9. The molecule has 112 valence electrons. The van der Waals surface area contributed by atoms with Crippen molar-refractivity contribution in [1.29, 1.82) is 0 Å². The van der Waals surface area contributed by atoms with E-state index < -0.39 is 0 Å². The summed E-state index contributed by atoms with van der Waals surface area (Å²) in [5.41, 5.74) is 3.28. The fourth-order valence-corrected chi connectivity index (χ4v) is 2.87. The Hall–Kier alpha value is -1.77. The number of carbonyl (C=O) groups is 1. The van der Waals surface area contributed by atoms with Crippen LogP contribution in [0, 0.1) is 0 Å². The molecule has 3 heterocycles. The van der Waals surface area contributed by atoms with Crippen molar-refractivity contribution in [3.63, 3.8) is 0 Å². The molecule has 2 N–H and O–H groups in total. The first-order chi connectivity index (χ1) is 10.3. The summed E-state index contributed by atoms with van der Waals surface area (Å²) in [6, 6.07) is 1.88. The predicted octanol–water partition coefficient (Wildman–Crippen LogP) is 0.615. The molecule has 1 saturated heterocycles. The lowest BCUT2D eigenvalue weighted by atomic mass is 10.2. The van der Waals surface area contributed by atoms with Crippen LogP contribution in [-0.4, -0.2) is 57.4 Å². The first kappa shape index (κ1) is 14.2. The van der Waals surface area contributed by atoms with Gasteiger partial charge in [0.2, 0.25) is 0 Å². The minimum atomic E-state index is -0.237. The third kappa shape index (κ3) is 3.12. The molecule has 1 atom stereocenters. The average Bonchev–Trinajstić information content (AvgIpc) is 3.18. The van der Waals surface area contributed by atoms with Crippen LogP contribution in [0.15, 0.2) is 17.8 Å². The van der Waals surface area contributed by atoms with Crippen molar-refractivity contribution in [2.24, 2.45) is 0 Å². The zero-order valence-corrected chi connectivity index (χ0v) is 12.2. The molecule has 21 heavy (non-hydrogen) atoms. The van der Waals surface area contributed by atoms with E-state index in [0.717, 1.165) is 11.4 Å². The van der Waals surface area contributed by atoms with E-state index in [1.165, 1.54) is 11.3 Å². The summed E-state index contributed by atoms with van der Waals surface area (Å²) in [6.07, 6.45) is 1.88. The first-order valence-corrected chi connectivity index (χ1v) is 7.60. The van der Waals surface area contributed by atoms with Crippen LogP contribution in [0.2, 0.25) is 0 Å². The van der Waals surface area contributed by atoms with Gasteiger partial charge in [-0.2, -0.15) is 5.10 Å². The molecule has 1 unspecified atom stereocenters. The summed E-state index contributed by atoms with van der Waals surface area (Å²) >= 11 is 1.34. The molecule has 1 aliphatic rings. The smallest absolute Gasteiger partial charge is 0.265 e. The van der Waals surface area contributed by atoms with Crippen molar-refractivity contribution in [1.82, 2.24) is 20.1 Å². The van der Waals surface area contributed by atoms with Gasteiger partial charge in [0, 0.05) is 25.3 Å². The van der Waals surface area contributed by atoms with Crippen molar-refractivity contribution in [2.45, 2.75) is 12.5 Å². The fraction of sp³-hybridized carbons (Fsp3) is 0.462. The second-order valence-electron chi connectivity index (χ2n) is 4.77. The van der Waals surface area contributed by atoms with Gasteiger partial charge < -0.3 is 14.7 Å². The molecule has 1 amide bonds. The maximum atomic E-state index is 12.3. The van der Waals surface area contributed by atoms with E-state index in [9.17, 15) is 4.79 Å². The second-order valence-corrected chi connectivity index (χ2v) is 5.65. The van der Waals surface area contributed by atoms with Crippen molar-refractivity contribution < 1.29 is 14.6 Å². The second kappa shape index (κ2) is 6.33. The van der Waals surface area contributed by atoms with Gasteiger partial charge in [-0.15, -0.1) is 11.3 Å². The van der Waals surface area contributed by atoms with E-state index in [1.807, 2.05) is 6.07 Å². The van der Waals surface area contributed by atoms with Gasteiger partial charge in [-0.05, 0) is 6.07 Å². The summed E-state index contributed by atoms with van der Waals surface area (Å²) < 4.78 is 5.70. The number of H-pyrrole nitrogens is 1. The number of morpholine rings is 1. The number of rotatable bonds is 4. The van der Waals surface area contributed by atoms with Crippen molar-refractivity contribution in [2.75, 3.05) is 26.3 Å². The standard InChI is InChI=1S/C13H16N4O3S/c18-3-1-9-5-10(16-15-9)11-7-17(2-4-20-11)13(19)12-6-14-8-21-12/h5-6,8,11,18H,1-4,7H2,(H,15,16). The number of amides is 1. The van der Waals surface area contributed by atoms with Crippen LogP contribution in [0.25, 0.3) is 0 Å². The highest BCUT2D eigenvalue weighted by Crippen LogP contribution is 2.23. The van der Waals surface area contributed by atoms with Gasteiger partial charge >= 0.3 is 0 Å². The van der Waals surface area contributed by atoms with Gasteiger partial charge in [0.15, 0.2) is 0 Å². The molecule has 2 aromatic rings. The maximum absolute atomic E-state index is 12.3. The highest BCUT2D eigenvalue weighted by molar-refractivity contribution is 7.11. The molecule has 0 saturated carbocycles. The number of hydrogen-bond acceptors (Lipinski definition) is 6. The Morgan fingerprint density at radius 2 is 2.52 bits per heavy atom. The summed E-state index contributed by atoms with van der Waals surface area (Å²) in [5.74, 6) is -0.0167. The Morgan fingerprint density at radius 1 is 1.62 bits per heavy atom. The Kier molecular flexibility index (Phi) is 4.28. The van der Waals surface area contributed by atoms with Crippen LogP contribution >= 0.6 is 11.3 Å². The molecule has 0 aliphatic carbocycles. The molecule has 2 aromatic heterocycles. The Morgan fingerprint density at radius 3 is 3.29 bits per heavy atom. The summed E-state index contributed by atoms with van der Waals surface area (Å²) in [7, 11) is 0. The Balaban J connectivity index is 1.69. The van der Waals surface area contributed by atoms with Gasteiger partial charge in [-0.25, -0.2) is 0 Å². The fourth-order valence-electron chi connectivity index (χ4n) is 2.28. The van der Waals surface area contributed by atoms with Crippen molar-refractivity contribution in [3.05, 3.63) is 34.0 Å². The van der Waals surface area contributed by atoms with E-state index >= 15 is 0 Å². The number of ether oxygens (including phenoxy) is 1. The minimum Gasteiger partial charge on any atom is -0.396 e. The molecular weight excluding hydrogens is 292 g/mol. The number of nitrogens with zero attached hydrogens (tertiary/aromatic N) is 3. The van der Waals surface area contributed by atoms with E-state index in [-0.39, 0.29) is 18.6 Å². The quantitative estimate of drug-likeness (QED) is 0.864. The molecule has 8 heteroatoms. The third-order valence-electron chi connectivity index (χ3n) is 3.36. The summed E-state index contributed by atoms with van der Waals surface area (Å²) in [5, 5.41) is 16.0. The van der Waals surface area contributed by atoms with Gasteiger partial charge in [0.25, 0.3) is 5.91 Å². The van der Waals surface area contributed by atoms with E-state index in [2.05, 4.69) is 15.2 Å². The molecule has 0 aromatic carbocycles. The van der Waals surface area contributed by atoms with Crippen LogP contribution in [0.3, 0.4) is 0 Å². The molecule has 1 fully saturated rings. The van der Waals surface area contributed by atoms with Crippen LogP contribution < -0.4 is 0 Å². The number of aromatic nitrogens is 3. The van der Waals surface area contributed by atoms with E-state index in [1.54, 1.807) is 16.6 Å². The van der Waals surface area contributed by atoms with E-state index in [0.29, 0.717) is 31.0 Å². The number of aromatic amines is 1. The molecule has 7 nitrogen and oxygen atoms in total. The maximum Gasteiger partial charge on any atom is 0.265 e. The first-order valence-electron chi connectivity index (χ1n) is 6.72. The predicted molar refractivity (Wildman–Crippen MR) is 76.1 cm³/mol. The van der Waals surface area contributed by atoms with Crippen LogP contribution in [0.4, 0.5) is 0 Å². The highest BCUT2D eigenvalue weighted by Gasteiger charge is 2.28. The summed E-state index contributed by atoms with van der Waals surface area (Å²) in [6.45, 7) is 1.60. The zero-order valence-electron chi connectivity index (χ0n) is 11.4. The van der Waals surface area contributed by atoms with Gasteiger partial charge in [0.05, 0.1) is 30.6 Å². The Labute approximate surface area is 125 Å². The van der Waals surface area contributed by atoms with Gasteiger partial charge in [-0.3, -0.25) is 14.9 Å². The summed E-state index contributed by atoms with van der Waals surface area (Å²) in [4.78, 5) is 18.7. The number of nitrogens with one attached hydrogen (secondary N) is 1. The lowest BCUT2D eigenvalue weighted by Crippen LogP contribution is -2.42. The van der Waals surface area contributed by atoms with Crippen molar-refractivity contribution in [3.8, 4) is 0 Å². The molecule has 0 bridgehead atoms. The SMILES string of the molecule is O=C(c1cncs1)N1CCOC(c2cc(CCO)[nH]n2)C1. The van der Waals surface area contributed by atoms with Crippen LogP contribution in [0.1, 0.15) is 27.2 Å². The van der Waals surface area contributed by atoms with E-state index in [4.69, 9.17) is 9.84 Å². The third-order valence-corrected chi connectivity index (χ3v) is 4.12. The molecule has 1 aliphatic heterocycles. The monoisotopic (exact) mass is 308 g/mol. The van der Waals surface area contributed by atoms with Crippen LogP contribution in [-0.2, 0) is 11.2 Å². The number of thiazole rings is 1. The highest BCUT2D eigenvalue weighted by atomic mass is 32.1. The molecule has 0 radical (unpaired) electrons. The largest absolute Gasteiger partial charge is 0.396 e. The number of aliphatic hydroxyl groups is 1. The number of hydrogen-bond donors (Lipinski definition) is 2. The Bertz CT molecular complexity index is 598. The topological polar surface area (TPSA) is 91.3 Å².